The highest BCUT2D eigenvalue weighted by Gasteiger charge is 2.11. The molecule has 2 rings (SSSR count). The average Bonchev–Trinajstić information content (AvgIpc) is 2.91. The lowest BCUT2D eigenvalue weighted by Crippen LogP contribution is -2.30. The number of halogens is 1. The molecule has 0 bridgehead atoms. The summed E-state index contributed by atoms with van der Waals surface area (Å²) in [6, 6.07) is 4.93. The Kier molecular flexibility index (Phi) is 4.89. The van der Waals surface area contributed by atoms with E-state index in [1.807, 2.05) is 16.8 Å². The Morgan fingerprint density at radius 3 is 2.71 bits per heavy atom. The van der Waals surface area contributed by atoms with E-state index in [2.05, 4.69) is 10.6 Å². The molecule has 0 saturated heterocycles. The second kappa shape index (κ2) is 6.85. The van der Waals surface area contributed by atoms with Crippen molar-refractivity contribution < 1.29 is 19.1 Å². The molecule has 1 aromatic heterocycles. The van der Waals surface area contributed by atoms with Crippen molar-refractivity contribution in [2.75, 3.05) is 11.9 Å². The molecule has 0 radical (unpaired) electrons. The second-order valence-electron chi connectivity index (χ2n) is 4.26. The van der Waals surface area contributed by atoms with Crippen LogP contribution in [0.4, 0.5) is 14.9 Å². The third-order valence-corrected chi connectivity index (χ3v) is 3.47. The summed E-state index contributed by atoms with van der Waals surface area (Å²) in [5.41, 5.74) is 0.904. The number of carbonyl (C=O) groups excluding carboxylic acids is 1. The molecule has 0 aliphatic rings. The summed E-state index contributed by atoms with van der Waals surface area (Å²) in [5, 5.41) is 17.8. The summed E-state index contributed by atoms with van der Waals surface area (Å²) in [5.74, 6) is -2.24. The van der Waals surface area contributed by atoms with Gasteiger partial charge >= 0.3 is 12.0 Å². The summed E-state index contributed by atoms with van der Waals surface area (Å²) < 4.78 is 13.4. The van der Waals surface area contributed by atoms with Crippen LogP contribution in [0.15, 0.2) is 35.0 Å². The summed E-state index contributed by atoms with van der Waals surface area (Å²) in [7, 11) is 0. The zero-order chi connectivity index (χ0) is 15.2. The molecule has 0 aliphatic carbocycles. The number of carboxylic acid groups (broad SMARTS) is 1. The van der Waals surface area contributed by atoms with Crippen molar-refractivity contribution in [3.63, 3.8) is 0 Å². The number of carboxylic acids is 1. The lowest BCUT2D eigenvalue weighted by atomic mass is 10.2. The predicted molar refractivity (Wildman–Crippen MR) is 78.4 cm³/mol. The van der Waals surface area contributed by atoms with Crippen molar-refractivity contribution in [1.29, 1.82) is 0 Å². The Labute approximate surface area is 124 Å². The van der Waals surface area contributed by atoms with Gasteiger partial charge in [-0.25, -0.2) is 14.0 Å². The molecule has 2 amide bonds. The van der Waals surface area contributed by atoms with E-state index in [4.69, 9.17) is 5.11 Å². The van der Waals surface area contributed by atoms with Crippen LogP contribution in [0.25, 0.3) is 0 Å². The summed E-state index contributed by atoms with van der Waals surface area (Å²) in [6.45, 7) is 0.457. The number of hydrogen-bond donors (Lipinski definition) is 3. The molecule has 0 fully saturated rings. The quantitative estimate of drug-likeness (QED) is 0.794. The van der Waals surface area contributed by atoms with Crippen LogP contribution in [-0.2, 0) is 6.42 Å². The second-order valence-corrected chi connectivity index (χ2v) is 5.04. The van der Waals surface area contributed by atoms with Gasteiger partial charge in [-0.2, -0.15) is 11.3 Å². The monoisotopic (exact) mass is 308 g/mol. The Hall–Kier alpha value is -2.41. The Bertz CT molecular complexity index is 644. The summed E-state index contributed by atoms with van der Waals surface area (Å²) in [6.07, 6.45) is 0.712. The van der Waals surface area contributed by atoms with Crippen LogP contribution in [-0.4, -0.2) is 23.7 Å². The van der Waals surface area contributed by atoms with Crippen LogP contribution in [0.5, 0.6) is 0 Å². The fourth-order valence-electron chi connectivity index (χ4n) is 1.70. The molecule has 0 spiro atoms. The molecule has 3 N–H and O–H groups in total. The van der Waals surface area contributed by atoms with E-state index >= 15 is 0 Å². The highest BCUT2D eigenvalue weighted by molar-refractivity contribution is 7.07. The number of carbonyl (C=O) groups is 2. The highest BCUT2D eigenvalue weighted by Crippen LogP contribution is 2.14. The molecule has 0 aliphatic heterocycles. The number of aromatic carboxylic acids is 1. The molecule has 1 heterocycles. The molecule has 0 unspecified atom stereocenters. The number of urea groups is 1. The molecular formula is C14H13FN2O3S. The van der Waals surface area contributed by atoms with Gasteiger partial charge in [0.2, 0.25) is 0 Å². The van der Waals surface area contributed by atoms with Crippen LogP contribution < -0.4 is 10.6 Å². The smallest absolute Gasteiger partial charge is 0.338 e. The zero-order valence-electron chi connectivity index (χ0n) is 10.9. The Morgan fingerprint density at radius 1 is 1.29 bits per heavy atom. The van der Waals surface area contributed by atoms with E-state index in [9.17, 15) is 14.0 Å². The fourth-order valence-corrected chi connectivity index (χ4v) is 2.40. The maximum absolute atomic E-state index is 13.4. The lowest BCUT2D eigenvalue weighted by molar-refractivity contribution is 0.0692. The van der Waals surface area contributed by atoms with Crippen molar-refractivity contribution >= 4 is 29.0 Å². The lowest BCUT2D eigenvalue weighted by Gasteiger charge is -2.08. The minimum absolute atomic E-state index is 0.200. The third-order valence-electron chi connectivity index (χ3n) is 2.74. The fraction of sp³-hybridized carbons (Fsp3) is 0.143. The van der Waals surface area contributed by atoms with Crippen LogP contribution in [0.1, 0.15) is 15.9 Å². The van der Waals surface area contributed by atoms with Crippen molar-refractivity contribution in [2.24, 2.45) is 0 Å². The molecule has 5 nitrogen and oxygen atoms in total. The molecule has 2 aromatic rings. The Morgan fingerprint density at radius 2 is 2.10 bits per heavy atom. The first-order chi connectivity index (χ1) is 10.1. The van der Waals surface area contributed by atoms with Gasteiger partial charge in [0.05, 0.1) is 5.56 Å². The summed E-state index contributed by atoms with van der Waals surface area (Å²) >= 11 is 1.59. The topological polar surface area (TPSA) is 78.4 Å². The number of nitrogens with one attached hydrogen (secondary N) is 2. The largest absolute Gasteiger partial charge is 0.478 e. The molecule has 0 atom stereocenters. The maximum atomic E-state index is 13.4. The zero-order valence-corrected chi connectivity index (χ0v) is 11.7. The van der Waals surface area contributed by atoms with Crippen molar-refractivity contribution in [3.05, 3.63) is 52.0 Å². The number of amides is 2. The van der Waals surface area contributed by atoms with Gasteiger partial charge in [0.15, 0.2) is 0 Å². The number of thiophene rings is 1. The van der Waals surface area contributed by atoms with E-state index in [0.29, 0.717) is 13.0 Å². The van der Waals surface area contributed by atoms with Gasteiger partial charge in [-0.3, -0.25) is 0 Å². The van der Waals surface area contributed by atoms with E-state index in [-0.39, 0.29) is 5.69 Å². The number of rotatable bonds is 5. The number of benzene rings is 1. The Balaban J connectivity index is 1.85. The van der Waals surface area contributed by atoms with Crippen LogP contribution in [0.3, 0.4) is 0 Å². The van der Waals surface area contributed by atoms with Crippen molar-refractivity contribution in [1.82, 2.24) is 5.32 Å². The normalized spacial score (nSPS) is 10.1. The first-order valence-electron chi connectivity index (χ1n) is 6.15. The van der Waals surface area contributed by atoms with Gasteiger partial charge in [0.25, 0.3) is 0 Å². The first kappa shape index (κ1) is 15.0. The maximum Gasteiger partial charge on any atom is 0.338 e. The van der Waals surface area contributed by atoms with Crippen LogP contribution in [0, 0.1) is 5.82 Å². The van der Waals surface area contributed by atoms with Gasteiger partial charge in [0.1, 0.15) is 5.82 Å². The first-order valence-corrected chi connectivity index (χ1v) is 7.09. The SMILES string of the molecule is O=C(NCCc1ccsc1)Nc1ccc(C(=O)O)c(F)c1. The molecule has 21 heavy (non-hydrogen) atoms. The number of hydrogen-bond acceptors (Lipinski definition) is 3. The molecule has 110 valence electrons. The van der Waals surface area contributed by atoms with Crippen molar-refractivity contribution in [3.8, 4) is 0 Å². The van der Waals surface area contributed by atoms with E-state index in [1.165, 1.54) is 6.07 Å². The number of anilines is 1. The van der Waals surface area contributed by atoms with Gasteiger partial charge in [-0.05, 0) is 47.0 Å². The van der Waals surface area contributed by atoms with Gasteiger partial charge in [-0.15, -0.1) is 0 Å². The average molecular weight is 308 g/mol. The minimum Gasteiger partial charge on any atom is -0.478 e. The van der Waals surface area contributed by atoms with Crippen molar-refractivity contribution in [2.45, 2.75) is 6.42 Å². The van der Waals surface area contributed by atoms with Gasteiger partial charge in [0, 0.05) is 12.2 Å². The standard InChI is InChI=1S/C14H13FN2O3S/c15-12-7-10(1-2-11(12)13(18)19)17-14(20)16-5-3-9-4-6-21-8-9/h1-2,4,6-8H,3,5H2,(H,18,19)(H2,16,17,20). The third kappa shape index (κ3) is 4.28. The minimum atomic E-state index is -1.35. The summed E-state index contributed by atoms with van der Waals surface area (Å²) in [4.78, 5) is 22.3. The van der Waals surface area contributed by atoms with Crippen LogP contribution in [0.2, 0.25) is 0 Å². The predicted octanol–water partition coefficient (Wildman–Crippen LogP) is 2.95. The molecule has 7 heteroatoms. The van der Waals surface area contributed by atoms with Gasteiger partial charge < -0.3 is 15.7 Å². The van der Waals surface area contributed by atoms with E-state index in [1.54, 1.807) is 11.3 Å². The van der Waals surface area contributed by atoms with Gasteiger partial charge in [-0.1, -0.05) is 0 Å². The highest BCUT2D eigenvalue weighted by atomic mass is 32.1. The van der Waals surface area contributed by atoms with E-state index < -0.39 is 23.4 Å². The van der Waals surface area contributed by atoms with E-state index in [0.717, 1.165) is 17.7 Å². The van der Waals surface area contributed by atoms with Crippen LogP contribution >= 0.6 is 11.3 Å². The molecule has 1 aromatic carbocycles. The molecular weight excluding hydrogens is 295 g/mol. The molecule has 0 saturated carbocycles.